The van der Waals surface area contributed by atoms with Gasteiger partial charge in [0.25, 0.3) is 5.91 Å². The van der Waals surface area contributed by atoms with Crippen molar-refractivity contribution < 1.29 is 9.59 Å². The molecule has 0 aliphatic rings. The van der Waals surface area contributed by atoms with Crippen molar-refractivity contribution in [3.63, 3.8) is 0 Å². The van der Waals surface area contributed by atoms with Crippen LogP contribution >= 0.6 is 11.6 Å². The van der Waals surface area contributed by atoms with Gasteiger partial charge in [0.05, 0.1) is 0 Å². The van der Waals surface area contributed by atoms with E-state index in [1.165, 1.54) is 6.92 Å². The molecule has 5 nitrogen and oxygen atoms in total. The monoisotopic (exact) mass is 379 g/mol. The van der Waals surface area contributed by atoms with E-state index in [2.05, 4.69) is 15.6 Å². The molecule has 0 saturated heterocycles. The summed E-state index contributed by atoms with van der Waals surface area (Å²) in [4.78, 5) is 28.1. The van der Waals surface area contributed by atoms with Gasteiger partial charge < -0.3 is 10.6 Å². The first-order chi connectivity index (χ1) is 12.9. The molecule has 136 valence electrons. The third kappa shape index (κ3) is 4.71. The minimum Gasteiger partial charge on any atom is -0.340 e. The number of hydrogen-bond donors (Lipinski definition) is 2. The van der Waals surface area contributed by atoms with E-state index in [0.29, 0.717) is 27.7 Å². The molecule has 1 amide bonds. The second-order valence-corrected chi connectivity index (χ2v) is 6.54. The summed E-state index contributed by atoms with van der Waals surface area (Å²) < 4.78 is 0. The molecule has 3 rings (SSSR count). The number of nitrogens with zero attached hydrogens (tertiary/aromatic N) is 1. The maximum Gasteiger partial charge on any atom is 0.255 e. The summed E-state index contributed by atoms with van der Waals surface area (Å²) in [6.07, 6.45) is 1.57. The molecule has 2 aromatic carbocycles. The zero-order valence-electron chi connectivity index (χ0n) is 14.9. The largest absolute Gasteiger partial charge is 0.340 e. The van der Waals surface area contributed by atoms with Gasteiger partial charge >= 0.3 is 0 Å². The number of nitrogens with one attached hydrogen (secondary N) is 2. The van der Waals surface area contributed by atoms with E-state index >= 15 is 0 Å². The number of aromatic nitrogens is 1. The van der Waals surface area contributed by atoms with Crippen molar-refractivity contribution in [2.24, 2.45) is 0 Å². The number of benzene rings is 2. The highest BCUT2D eigenvalue weighted by molar-refractivity contribution is 6.30. The summed E-state index contributed by atoms with van der Waals surface area (Å²) in [7, 11) is 0. The molecule has 3 aromatic rings. The van der Waals surface area contributed by atoms with Crippen LogP contribution < -0.4 is 10.6 Å². The number of rotatable bonds is 5. The SMILES string of the molecule is CC(=O)c1ccc(Nc2cc(C(=O)Nc3ccc(Cl)cc3C)ccn2)cc1. The number of pyridine rings is 1. The molecule has 0 atom stereocenters. The smallest absolute Gasteiger partial charge is 0.255 e. The molecule has 0 radical (unpaired) electrons. The lowest BCUT2D eigenvalue weighted by molar-refractivity contribution is 0.101. The normalized spacial score (nSPS) is 10.3. The van der Waals surface area contributed by atoms with Crippen molar-refractivity contribution >= 4 is 40.5 Å². The Morgan fingerprint density at radius 1 is 0.963 bits per heavy atom. The van der Waals surface area contributed by atoms with Crippen molar-refractivity contribution in [1.29, 1.82) is 0 Å². The van der Waals surface area contributed by atoms with E-state index < -0.39 is 0 Å². The summed E-state index contributed by atoms with van der Waals surface area (Å²) in [6, 6.07) is 15.7. The Morgan fingerprint density at radius 3 is 2.37 bits per heavy atom. The van der Waals surface area contributed by atoms with Crippen LogP contribution in [0.4, 0.5) is 17.2 Å². The Morgan fingerprint density at radius 2 is 1.70 bits per heavy atom. The average molecular weight is 380 g/mol. The lowest BCUT2D eigenvalue weighted by atomic mass is 10.1. The maximum absolute atomic E-state index is 12.5. The molecule has 27 heavy (non-hydrogen) atoms. The van der Waals surface area contributed by atoms with Crippen LogP contribution in [0.1, 0.15) is 33.2 Å². The second kappa shape index (κ2) is 8.01. The standard InChI is InChI=1S/C21H18ClN3O2/c1-13-11-17(22)5-8-19(13)25-21(27)16-9-10-23-20(12-16)24-18-6-3-15(4-7-18)14(2)26/h3-12H,1-2H3,(H,23,24)(H,25,27). The van der Waals surface area contributed by atoms with Crippen molar-refractivity contribution in [2.45, 2.75) is 13.8 Å². The molecule has 0 unspecified atom stereocenters. The van der Waals surface area contributed by atoms with Gasteiger partial charge in [0.2, 0.25) is 0 Å². The molecule has 0 aliphatic heterocycles. The number of halogens is 1. The Balaban J connectivity index is 1.74. The van der Waals surface area contributed by atoms with Crippen LogP contribution in [0.15, 0.2) is 60.8 Å². The van der Waals surface area contributed by atoms with Crippen LogP contribution in [-0.2, 0) is 0 Å². The minimum absolute atomic E-state index is 0.0100. The number of Topliss-reactive ketones (excluding diaryl/α,β-unsaturated/α-hetero) is 1. The zero-order chi connectivity index (χ0) is 19.4. The van der Waals surface area contributed by atoms with E-state index in [1.807, 2.05) is 6.92 Å². The molecule has 6 heteroatoms. The highest BCUT2D eigenvalue weighted by Gasteiger charge is 2.10. The number of carbonyl (C=O) groups excluding carboxylic acids is 2. The molecular formula is C21H18ClN3O2. The predicted molar refractivity (Wildman–Crippen MR) is 108 cm³/mol. The first-order valence-electron chi connectivity index (χ1n) is 8.34. The van der Waals surface area contributed by atoms with Gasteiger partial charge in [0.15, 0.2) is 5.78 Å². The topological polar surface area (TPSA) is 71.1 Å². The summed E-state index contributed by atoms with van der Waals surface area (Å²) in [5.74, 6) is 0.305. The predicted octanol–water partition coefficient (Wildman–Crippen LogP) is 5.24. The van der Waals surface area contributed by atoms with Gasteiger partial charge in [-0.05, 0) is 74.0 Å². The first kappa shape index (κ1) is 18.6. The van der Waals surface area contributed by atoms with Gasteiger partial charge in [-0.1, -0.05) is 11.6 Å². The molecule has 0 aliphatic carbocycles. The van der Waals surface area contributed by atoms with Crippen LogP contribution in [0.2, 0.25) is 5.02 Å². The Labute approximate surface area is 162 Å². The maximum atomic E-state index is 12.5. The summed E-state index contributed by atoms with van der Waals surface area (Å²) in [5.41, 5.74) is 3.48. The van der Waals surface area contributed by atoms with E-state index in [4.69, 9.17) is 11.6 Å². The van der Waals surface area contributed by atoms with E-state index in [-0.39, 0.29) is 11.7 Å². The van der Waals surface area contributed by atoms with Crippen LogP contribution in [0.25, 0.3) is 0 Å². The van der Waals surface area contributed by atoms with Crippen LogP contribution in [-0.4, -0.2) is 16.7 Å². The van der Waals surface area contributed by atoms with Crippen LogP contribution in [0, 0.1) is 6.92 Å². The van der Waals surface area contributed by atoms with Gasteiger partial charge in [-0.2, -0.15) is 0 Å². The van der Waals surface area contributed by atoms with Gasteiger partial charge in [0.1, 0.15) is 5.82 Å². The zero-order valence-corrected chi connectivity index (χ0v) is 15.7. The number of ketones is 1. The highest BCUT2D eigenvalue weighted by atomic mass is 35.5. The fraction of sp³-hybridized carbons (Fsp3) is 0.0952. The van der Waals surface area contributed by atoms with Crippen molar-refractivity contribution in [2.75, 3.05) is 10.6 Å². The molecule has 0 bridgehead atoms. The van der Waals surface area contributed by atoms with E-state index in [1.54, 1.807) is 60.8 Å². The Hall–Kier alpha value is -3.18. The van der Waals surface area contributed by atoms with Gasteiger partial charge in [-0.25, -0.2) is 4.98 Å². The number of amides is 1. The summed E-state index contributed by atoms with van der Waals surface area (Å²) >= 11 is 5.95. The van der Waals surface area contributed by atoms with Gasteiger partial charge in [-0.3, -0.25) is 9.59 Å². The molecule has 1 aromatic heterocycles. The fourth-order valence-electron chi connectivity index (χ4n) is 2.54. The lowest BCUT2D eigenvalue weighted by Crippen LogP contribution is -2.13. The number of aryl methyl sites for hydroxylation is 1. The molecule has 1 heterocycles. The third-order valence-electron chi connectivity index (χ3n) is 4.02. The molecule has 2 N–H and O–H groups in total. The first-order valence-corrected chi connectivity index (χ1v) is 8.72. The summed E-state index contributed by atoms with van der Waals surface area (Å²) in [5, 5.41) is 6.62. The average Bonchev–Trinajstić information content (AvgIpc) is 2.64. The lowest BCUT2D eigenvalue weighted by Gasteiger charge is -2.10. The quantitative estimate of drug-likeness (QED) is 0.594. The van der Waals surface area contributed by atoms with Crippen molar-refractivity contribution in [1.82, 2.24) is 4.98 Å². The minimum atomic E-state index is -0.238. The molecule has 0 fully saturated rings. The van der Waals surface area contributed by atoms with Crippen LogP contribution in [0.3, 0.4) is 0 Å². The van der Waals surface area contributed by atoms with Crippen molar-refractivity contribution in [3.8, 4) is 0 Å². The third-order valence-corrected chi connectivity index (χ3v) is 4.26. The number of anilines is 3. The number of hydrogen-bond acceptors (Lipinski definition) is 4. The molecule has 0 spiro atoms. The molecular weight excluding hydrogens is 362 g/mol. The second-order valence-electron chi connectivity index (χ2n) is 6.10. The summed E-state index contributed by atoms with van der Waals surface area (Å²) in [6.45, 7) is 3.40. The van der Waals surface area contributed by atoms with Gasteiger partial charge in [0, 0.05) is 33.7 Å². The van der Waals surface area contributed by atoms with E-state index in [0.717, 1.165) is 11.3 Å². The Bertz CT molecular complexity index is 1000. The number of carbonyl (C=O) groups is 2. The highest BCUT2D eigenvalue weighted by Crippen LogP contribution is 2.21. The molecule has 0 saturated carbocycles. The van der Waals surface area contributed by atoms with Crippen LogP contribution in [0.5, 0.6) is 0 Å². The van der Waals surface area contributed by atoms with Gasteiger partial charge in [-0.15, -0.1) is 0 Å². The Kier molecular flexibility index (Phi) is 5.52. The van der Waals surface area contributed by atoms with Crippen molar-refractivity contribution in [3.05, 3.63) is 82.5 Å². The van der Waals surface area contributed by atoms with E-state index in [9.17, 15) is 9.59 Å². The fourth-order valence-corrected chi connectivity index (χ4v) is 2.76.